The molecule has 0 aliphatic carbocycles. The molecule has 2 heterocycles. The highest BCUT2D eigenvalue weighted by Gasteiger charge is 2.31. The number of hydrogen-bond acceptors (Lipinski definition) is 7. The van der Waals surface area contributed by atoms with Gasteiger partial charge >= 0.3 is 0 Å². The van der Waals surface area contributed by atoms with Gasteiger partial charge in [0.05, 0.1) is 36.2 Å². The second-order valence-electron chi connectivity index (χ2n) is 10.8. The molecule has 1 atom stereocenters. The first-order chi connectivity index (χ1) is 19.2. The molecular formula is C32H33N5O3. The molecule has 1 aliphatic heterocycles. The number of hydrazine groups is 1. The highest BCUT2D eigenvalue weighted by atomic mass is 16.5. The van der Waals surface area contributed by atoms with Crippen LogP contribution in [0.2, 0.25) is 0 Å². The van der Waals surface area contributed by atoms with Gasteiger partial charge in [-0.1, -0.05) is 24.3 Å². The van der Waals surface area contributed by atoms with Crippen LogP contribution in [0.4, 0.5) is 11.4 Å². The number of para-hydroxylation sites is 1. The zero-order valence-electron chi connectivity index (χ0n) is 23.2. The lowest BCUT2D eigenvalue weighted by Gasteiger charge is -2.42. The van der Waals surface area contributed by atoms with Crippen molar-refractivity contribution in [2.24, 2.45) is 0 Å². The maximum Gasteiger partial charge on any atom is 0.251 e. The van der Waals surface area contributed by atoms with E-state index in [9.17, 15) is 10.1 Å². The van der Waals surface area contributed by atoms with Crippen LogP contribution in [0.1, 0.15) is 36.7 Å². The van der Waals surface area contributed by atoms with Gasteiger partial charge in [0.2, 0.25) is 0 Å². The molecule has 8 heteroatoms. The lowest BCUT2D eigenvalue weighted by molar-refractivity contribution is 0.0129. The van der Waals surface area contributed by atoms with Gasteiger partial charge in [0.15, 0.2) is 0 Å². The number of carbonyl (C=O) groups is 1. The summed E-state index contributed by atoms with van der Waals surface area (Å²) in [4.78, 5) is 17.2. The number of aromatic nitrogens is 1. The van der Waals surface area contributed by atoms with E-state index in [-0.39, 0.29) is 11.4 Å². The van der Waals surface area contributed by atoms with Crippen LogP contribution in [0.3, 0.4) is 0 Å². The third-order valence-electron chi connectivity index (χ3n) is 6.58. The number of nitriles is 1. The molecule has 0 radical (unpaired) electrons. The zero-order valence-corrected chi connectivity index (χ0v) is 23.2. The molecular weight excluding hydrogens is 502 g/mol. The SMILES string of the molecule is Cc1cc(N(c2ccnc3ccccc23)N2CCOCC2C#N)ccc1Oc1cccc(C(=O)NC(C)(C)C)c1. The van der Waals surface area contributed by atoms with E-state index in [2.05, 4.69) is 26.4 Å². The minimum Gasteiger partial charge on any atom is -0.457 e. The highest BCUT2D eigenvalue weighted by Crippen LogP contribution is 2.37. The van der Waals surface area contributed by atoms with Gasteiger partial charge in [-0.3, -0.25) is 14.8 Å². The van der Waals surface area contributed by atoms with Gasteiger partial charge in [0.25, 0.3) is 5.91 Å². The molecule has 5 rings (SSSR count). The molecule has 1 aliphatic rings. The second kappa shape index (κ2) is 11.3. The maximum atomic E-state index is 12.7. The van der Waals surface area contributed by atoms with E-state index in [4.69, 9.17) is 9.47 Å². The van der Waals surface area contributed by atoms with E-state index in [1.54, 1.807) is 18.3 Å². The van der Waals surface area contributed by atoms with Gasteiger partial charge in [0.1, 0.15) is 17.5 Å². The van der Waals surface area contributed by atoms with E-state index < -0.39 is 6.04 Å². The highest BCUT2D eigenvalue weighted by molar-refractivity contribution is 5.95. The lowest BCUT2D eigenvalue weighted by atomic mass is 10.1. The Kier molecular flexibility index (Phi) is 7.69. The van der Waals surface area contributed by atoms with Crippen LogP contribution in [-0.4, -0.2) is 47.2 Å². The van der Waals surface area contributed by atoms with Crippen LogP contribution in [0.15, 0.2) is 79.0 Å². The third-order valence-corrected chi connectivity index (χ3v) is 6.58. The van der Waals surface area contributed by atoms with Gasteiger partial charge < -0.3 is 14.8 Å². The quantitative estimate of drug-likeness (QED) is 0.317. The minimum absolute atomic E-state index is 0.150. The Morgan fingerprint density at radius 3 is 2.73 bits per heavy atom. The Hall–Kier alpha value is -4.45. The molecule has 4 aromatic rings. The number of amides is 1. The first kappa shape index (κ1) is 27.1. The van der Waals surface area contributed by atoms with Crippen molar-refractivity contribution in [1.82, 2.24) is 15.3 Å². The fraction of sp³-hybridized carbons (Fsp3) is 0.281. The lowest BCUT2D eigenvalue weighted by Crippen LogP contribution is -2.52. The summed E-state index contributed by atoms with van der Waals surface area (Å²) in [6.07, 6.45) is 1.79. The van der Waals surface area contributed by atoms with Crippen molar-refractivity contribution in [3.8, 4) is 17.6 Å². The molecule has 1 N–H and O–H groups in total. The molecule has 204 valence electrons. The van der Waals surface area contributed by atoms with Crippen molar-refractivity contribution in [2.45, 2.75) is 39.3 Å². The number of pyridine rings is 1. The number of nitrogens with zero attached hydrogens (tertiary/aromatic N) is 4. The molecule has 0 saturated carbocycles. The summed E-state index contributed by atoms with van der Waals surface area (Å²) in [5.74, 6) is 1.10. The summed E-state index contributed by atoms with van der Waals surface area (Å²) in [6, 6.07) is 25.0. The normalized spacial score (nSPS) is 15.8. The Morgan fingerprint density at radius 1 is 1.12 bits per heavy atom. The number of benzene rings is 3. The molecule has 8 nitrogen and oxygen atoms in total. The standard InChI is InChI=1S/C32H33N5O3/c1-22-18-24(12-13-30(22)40-26-9-7-8-23(19-26)31(38)35-32(2,3)4)37(36-16-17-39-21-25(36)20-33)29-14-15-34-28-11-6-5-10-27(28)29/h5-15,18-19,25H,16-17,21H2,1-4H3,(H,35,38). The fourth-order valence-electron chi connectivity index (χ4n) is 4.75. The van der Waals surface area contributed by atoms with Crippen molar-refractivity contribution >= 4 is 28.2 Å². The molecule has 1 aromatic heterocycles. The number of carbonyl (C=O) groups excluding carboxylic acids is 1. The van der Waals surface area contributed by atoms with E-state index in [1.165, 1.54) is 0 Å². The van der Waals surface area contributed by atoms with Gasteiger partial charge in [-0.15, -0.1) is 0 Å². The van der Waals surface area contributed by atoms with Crippen molar-refractivity contribution in [3.05, 3.63) is 90.1 Å². The predicted octanol–water partition coefficient (Wildman–Crippen LogP) is 6.14. The minimum atomic E-state index is -0.445. The van der Waals surface area contributed by atoms with Gasteiger partial charge in [-0.25, -0.2) is 0 Å². The first-order valence-corrected chi connectivity index (χ1v) is 13.3. The summed E-state index contributed by atoms with van der Waals surface area (Å²) in [5.41, 5.74) is 3.80. The average molecular weight is 536 g/mol. The Balaban J connectivity index is 1.50. The van der Waals surface area contributed by atoms with Crippen LogP contribution in [-0.2, 0) is 4.74 Å². The predicted molar refractivity (Wildman–Crippen MR) is 156 cm³/mol. The topological polar surface area (TPSA) is 90.7 Å². The number of hydrogen-bond donors (Lipinski definition) is 1. The number of ether oxygens (including phenoxy) is 2. The van der Waals surface area contributed by atoms with Crippen molar-refractivity contribution < 1.29 is 14.3 Å². The number of morpholine rings is 1. The van der Waals surface area contributed by atoms with Gasteiger partial charge in [-0.05, 0) is 81.8 Å². The van der Waals surface area contributed by atoms with Gasteiger partial charge in [-0.2, -0.15) is 10.3 Å². The van der Waals surface area contributed by atoms with Crippen molar-refractivity contribution in [2.75, 3.05) is 24.8 Å². The maximum absolute atomic E-state index is 12.7. The Morgan fingerprint density at radius 2 is 1.95 bits per heavy atom. The molecule has 1 saturated heterocycles. The van der Waals surface area contributed by atoms with E-state index in [0.29, 0.717) is 36.8 Å². The first-order valence-electron chi connectivity index (χ1n) is 13.3. The number of rotatable bonds is 6. The van der Waals surface area contributed by atoms with Crippen LogP contribution >= 0.6 is 0 Å². The number of fused-ring (bicyclic) bond motifs is 1. The van der Waals surface area contributed by atoms with E-state index in [1.807, 2.05) is 88.4 Å². The number of aryl methyl sites for hydroxylation is 1. The second-order valence-corrected chi connectivity index (χ2v) is 10.8. The zero-order chi connectivity index (χ0) is 28.3. The van der Waals surface area contributed by atoms with Crippen molar-refractivity contribution in [1.29, 1.82) is 5.26 Å². The third kappa shape index (κ3) is 5.91. The molecule has 1 unspecified atom stereocenters. The fourth-order valence-corrected chi connectivity index (χ4v) is 4.75. The van der Waals surface area contributed by atoms with E-state index in [0.717, 1.165) is 27.8 Å². The van der Waals surface area contributed by atoms with Crippen molar-refractivity contribution in [3.63, 3.8) is 0 Å². The summed E-state index contributed by atoms with van der Waals surface area (Å²) in [7, 11) is 0. The molecule has 0 bridgehead atoms. The summed E-state index contributed by atoms with van der Waals surface area (Å²) in [6.45, 7) is 9.25. The van der Waals surface area contributed by atoms with Gasteiger partial charge in [0, 0.05) is 29.2 Å². The molecule has 40 heavy (non-hydrogen) atoms. The van der Waals surface area contributed by atoms with Crippen LogP contribution in [0.5, 0.6) is 11.5 Å². The number of anilines is 2. The van der Waals surface area contributed by atoms with Crippen LogP contribution < -0.4 is 15.1 Å². The monoisotopic (exact) mass is 535 g/mol. The number of nitrogens with one attached hydrogen (secondary N) is 1. The Labute approximate surface area is 234 Å². The molecule has 3 aromatic carbocycles. The Bertz CT molecular complexity index is 1570. The largest absolute Gasteiger partial charge is 0.457 e. The molecule has 0 spiro atoms. The summed E-state index contributed by atoms with van der Waals surface area (Å²) >= 11 is 0. The summed E-state index contributed by atoms with van der Waals surface area (Å²) < 4.78 is 11.9. The van der Waals surface area contributed by atoms with E-state index >= 15 is 0 Å². The average Bonchev–Trinajstić information content (AvgIpc) is 2.94. The smallest absolute Gasteiger partial charge is 0.251 e. The molecule has 1 fully saturated rings. The van der Waals surface area contributed by atoms with Crippen LogP contribution in [0, 0.1) is 18.3 Å². The molecule has 1 amide bonds. The summed E-state index contributed by atoms with van der Waals surface area (Å²) in [5, 5.41) is 18.1. The van der Waals surface area contributed by atoms with Crippen LogP contribution in [0.25, 0.3) is 10.9 Å².